The number of halogens is 3. The predicted octanol–water partition coefficient (Wildman–Crippen LogP) is 6.30. The highest BCUT2D eigenvalue weighted by molar-refractivity contribution is 9.10. The van der Waals surface area contributed by atoms with Gasteiger partial charge in [0.05, 0.1) is 23.8 Å². The second kappa shape index (κ2) is 12.2. The summed E-state index contributed by atoms with van der Waals surface area (Å²) in [6, 6.07) is 14.9. The molecular weight excluding hydrogens is 503 g/mol. The van der Waals surface area contributed by atoms with Gasteiger partial charge in [0.15, 0.2) is 11.5 Å². The summed E-state index contributed by atoms with van der Waals surface area (Å²) in [6.07, 6.45) is 2.59. The molecule has 1 aromatic heterocycles. The zero-order chi connectivity index (χ0) is 22.1. The fraction of sp³-hybridized carbons (Fsp3) is 0.261. The minimum absolute atomic E-state index is 0.355. The molecule has 0 fully saturated rings. The van der Waals surface area contributed by atoms with Gasteiger partial charge in [-0.3, -0.25) is 0 Å². The molecule has 0 unspecified atom stereocenters. The summed E-state index contributed by atoms with van der Waals surface area (Å²) in [6.45, 7) is 2.47. The van der Waals surface area contributed by atoms with Crippen molar-refractivity contribution in [2.75, 3.05) is 20.3 Å². The molecule has 5 nitrogen and oxygen atoms in total. The molecule has 1 heterocycles. The van der Waals surface area contributed by atoms with Crippen molar-refractivity contribution in [3.8, 4) is 17.4 Å². The first-order chi connectivity index (χ1) is 15.1. The fourth-order valence-electron chi connectivity index (χ4n) is 2.80. The Morgan fingerprint density at radius 1 is 1.00 bits per heavy atom. The zero-order valence-electron chi connectivity index (χ0n) is 17.0. The van der Waals surface area contributed by atoms with E-state index in [4.69, 9.17) is 37.4 Å². The average Bonchev–Trinajstić information content (AvgIpc) is 2.78. The van der Waals surface area contributed by atoms with E-state index < -0.39 is 0 Å². The Morgan fingerprint density at radius 3 is 2.61 bits per heavy atom. The SMILES string of the molecule is COc1cc(CNCCCOc2ccccn2)c(Br)cc1OCc1ccc(Cl)c(Cl)c1. The first-order valence-corrected chi connectivity index (χ1v) is 11.3. The third-order valence-corrected chi connectivity index (χ3v) is 5.89. The van der Waals surface area contributed by atoms with Crippen molar-refractivity contribution in [1.82, 2.24) is 10.3 Å². The lowest BCUT2D eigenvalue weighted by molar-refractivity contribution is 0.284. The number of methoxy groups -OCH3 is 1. The second-order valence-electron chi connectivity index (χ2n) is 6.68. The molecule has 0 amide bonds. The molecule has 8 heteroatoms. The monoisotopic (exact) mass is 524 g/mol. The van der Waals surface area contributed by atoms with Crippen molar-refractivity contribution >= 4 is 39.1 Å². The largest absolute Gasteiger partial charge is 0.493 e. The highest BCUT2D eigenvalue weighted by Crippen LogP contribution is 2.34. The molecule has 0 aliphatic heterocycles. The van der Waals surface area contributed by atoms with Gasteiger partial charge in [-0.05, 0) is 54.4 Å². The van der Waals surface area contributed by atoms with Gasteiger partial charge in [0.25, 0.3) is 0 Å². The van der Waals surface area contributed by atoms with Gasteiger partial charge in [0, 0.05) is 23.3 Å². The molecule has 0 radical (unpaired) electrons. The Labute approximate surface area is 200 Å². The van der Waals surface area contributed by atoms with Gasteiger partial charge in [0.2, 0.25) is 5.88 Å². The van der Waals surface area contributed by atoms with E-state index in [-0.39, 0.29) is 0 Å². The van der Waals surface area contributed by atoms with E-state index >= 15 is 0 Å². The van der Waals surface area contributed by atoms with Gasteiger partial charge in [-0.2, -0.15) is 0 Å². The van der Waals surface area contributed by atoms with E-state index in [9.17, 15) is 0 Å². The van der Waals surface area contributed by atoms with Crippen molar-refractivity contribution in [2.24, 2.45) is 0 Å². The third-order valence-electron chi connectivity index (χ3n) is 4.41. The van der Waals surface area contributed by atoms with E-state index in [0.29, 0.717) is 47.2 Å². The summed E-state index contributed by atoms with van der Waals surface area (Å²) in [7, 11) is 1.63. The van der Waals surface area contributed by atoms with Crippen LogP contribution in [-0.2, 0) is 13.2 Å². The molecule has 0 atom stereocenters. The predicted molar refractivity (Wildman–Crippen MR) is 128 cm³/mol. The van der Waals surface area contributed by atoms with Gasteiger partial charge >= 0.3 is 0 Å². The lowest BCUT2D eigenvalue weighted by atomic mass is 10.2. The highest BCUT2D eigenvalue weighted by Gasteiger charge is 2.11. The summed E-state index contributed by atoms with van der Waals surface area (Å²) < 4.78 is 18.0. The van der Waals surface area contributed by atoms with Crippen molar-refractivity contribution in [3.63, 3.8) is 0 Å². The summed E-state index contributed by atoms with van der Waals surface area (Å²) in [5, 5.41) is 4.44. The van der Waals surface area contributed by atoms with Gasteiger partial charge < -0.3 is 19.5 Å². The first-order valence-electron chi connectivity index (χ1n) is 9.74. The number of nitrogens with one attached hydrogen (secondary N) is 1. The van der Waals surface area contributed by atoms with Crippen LogP contribution in [-0.4, -0.2) is 25.2 Å². The van der Waals surface area contributed by atoms with E-state index in [1.165, 1.54) is 0 Å². The molecule has 2 aromatic carbocycles. The summed E-state index contributed by atoms with van der Waals surface area (Å²) in [5.74, 6) is 1.96. The van der Waals surface area contributed by atoms with E-state index in [0.717, 1.165) is 28.6 Å². The lowest BCUT2D eigenvalue weighted by Gasteiger charge is -2.15. The number of nitrogens with zero attached hydrogens (tertiary/aromatic N) is 1. The Balaban J connectivity index is 1.49. The Hall–Kier alpha value is -1.99. The molecular formula is C23H23BrCl2N2O3. The molecule has 0 bridgehead atoms. The molecule has 0 aliphatic rings. The maximum atomic E-state index is 6.07. The van der Waals surface area contributed by atoms with E-state index in [1.807, 2.05) is 36.4 Å². The van der Waals surface area contributed by atoms with Crippen LogP contribution in [0.3, 0.4) is 0 Å². The molecule has 0 saturated carbocycles. The van der Waals surface area contributed by atoms with Crippen LogP contribution in [0.5, 0.6) is 17.4 Å². The third kappa shape index (κ3) is 7.28. The first kappa shape index (κ1) is 23.7. The lowest BCUT2D eigenvalue weighted by Crippen LogP contribution is -2.17. The van der Waals surface area contributed by atoms with Crippen molar-refractivity contribution in [2.45, 2.75) is 19.6 Å². The number of pyridine rings is 1. The normalized spacial score (nSPS) is 10.7. The molecule has 0 saturated heterocycles. The number of hydrogen-bond acceptors (Lipinski definition) is 5. The standard InChI is InChI=1S/C23H23BrCl2N2O3/c1-29-21-12-17(14-27-8-4-10-30-23-5-2-3-9-28-23)18(24)13-22(21)31-15-16-6-7-19(25)20(26)11-16/h2-3,5-7,9,11-13,27H,4,8,10,14-15H2,1H3. The maximum absolute atomic E-state index is 6.07. The molecule has 0 spiro atoms. The van der Waals surface area contributed by atoms with Gasteiger partial charge in [0.1, 0.15) is 6.61 Å². The zero-order valence-corrected chi connectivity index (χ0v) is 20.1. The Morgan fingerprint density at radius 2 is 1.87 bits per heavy atom. The number of rotatable bonds is 11. The van der Waals surface area contributed by atoms with E-state index in [2.05, 4.69) is 26.2 Å². The van der Waals surface area contributed by atoms with Crippen LogP contribution < -0.4 is 19.5 Å². The number of ether oxygens (including phenoxy) is 3. The van der Waals surface area contributed by atoms with Crippen LogP contribution in [0.2, 0.25) is 10.0 Å². The van der Waals surface area contributed by atoms with Crippen LogP contribution >= 0.6 is 39.1 Å². The summed E-state index contributed by atoms with van der Waals surface area (Å²) in [5.41, 5.74) is 2.00. The van der Waals surface area contributed by atoms with Gasteiger partial charge in [-0.15, -0.1) is 0 Å². The number of benzene rings is 2. The Bertz CT molecular complexity index is 990. The fourth-order valence-corrected chi connectivity index (χ4v) is 3.59. The smallest absolute Gasteiger partial charge is 0.213 e. The molecule has 164 valence electrons. The van der Waals surface area contributed by atoms with Crippen LogP contribution in [0, 0.1) is 0 Å². The quantitative estimate of drug-likeness (QED) is 0.298. The van der Waals surface area contributed by atoms with E-state index in [1.54, 1.807) is 25.4 Å². The van der Waals surface area contributed by atoms with Crippen LogP contribution in [0.25, 0.3) is 0 Å². The molecule has 31 heavy (non-hydrogen) atoms. The minimum Gasteiger partial charge on any atom is -0.493 e. The number of hydrogen-bond donors (Lipinski definition) is 1. The van der Waals surface area contributed by atoms with Crippen LogP contribution in [0.1, 0.15) is 17.5 Å². The highest BCUT2D eigenvalue weighted by atomic mass is 79.9. The van der Waals surface area contributed by atoms with Crippen molar-refractivity contribution in [1.29, 1.82) is 0 Å². The molecule has 0 aliphatic carbocycles. The average molecular weight is 526 g/mol. The second-order valence-corrected chi connectivity index (χ2v) is 8.35. The summed E-state index contributed by atoms with van der Waals surface area (Å²) in [4.78, 5) is 4.14. The molecule has 1 N–H and O–H groups in total. The topological polar surface area (TPSA) is 52.6 Å². The molecule has 3 rings (SSSR count). The number of aromatic nitrogens is 1. The molecule has 3 aromatic rings. The Kier molecular flexibility index (Phi) is 9.28. The summed E-state index contributed by atoms with van der Waals surface area (Å²) >= 11 is 15.7. The van der Waals surface area contributed by atoms with Gasteiger partial charge in [-0.1, -0.05) is 51.3 Å². The van der Waals surface area contributed by atoms with Crippen LogP contribution in [0.4, 0.5) is 0 Å². The van der Waals surface area contributed by atoms with Gasteiger partial charge in [-0.25, -0.2) is 4.98 Å². The van der Waals surface area contributed by atoms with Crippen molar-refractivity contribution < 1.29 is 14.2 Å². The van der Waals surface area contributed by atoms with Crippen molar-refractivity contribution in [3.05, 3.63) is 80.4 Å². The minimum atomic E-state index is 0.355. The van der Waals surface area contributed by atoms with Crippen LogP contribution in [0.15, 0.2) is 59.2 Å². The maximum Gasteiger partial charge on any atom is 0.213 e.